The van der Waals surface area contributed by atoms with Crippen molar-refractivity contribution in [3.8, 4) is 0 Å². The van der Waals surface area contributed by atoms with Crippen LogP contribution in [0.1, 0.15) is 25.7 Å². The zero-order valence-electron chi connectivity index (χ0n) is 8.41. The molecule has 0 bridgehead atoms. The second kappa shape index (κ2) is 4.79. The van der Waals surface area contributed by atoms with Crippen molar-refractivity contribution >= 4 is 17.5 Å². The van der Waals surface area contributed by atoms with Crippen molar-refractivity contribution in [2.24, 2.45) is 0 Å². The largest absolute Gasteiger partial charge is 0.300 e. The lowest BCUT2D eigenvalue weighted by molar-refractivity contribution is -0.120. The van der Waals surface area contributed by atoms with Gasteiger partial charge in [0.1, 0.15) is 11.6 Å². The number of carbonyl (C=O) groups excluding carboxylic acids is 1. The minimum atomic E-state index is -0.196. The first-order valence-corrected chi connectivity index (χ1v) is 6.06. The predicted octanol–water partition coefficient (Wildman–Crippen LogP) is 3.43. The van der Waals surface area contributed by atoms with Crippen molar-refractivity contribution in [1.29, 1.82) is 0 Å². The number of halogens is 1. The van der Waals surface area contributed by atoms with Crippen LogP contribution >= 0.6 is 11.8 Å². The first kappa shape index (κ1) is 10.7. The lowest BCUT2D eigenvalue weighted by Gasteiger charge is -2.20. The van der Waals surface area contributed by atoms with Crippen molar-refractivity contribution in [3.05, 3.63) is 30.1 Å². The lowest BCUT2D eigenvalue weighted by Crippen LogP contribution is -2.15. The van der Waals surface area contributed by atoms with Crippen LogP contribution in [0.4, 0.5) is 4.39 Å². The van der Waals surface area contributed by atoms with Gasteiger partial charge in [-0.05, 0) is 37.1 Å². The molecule has 1 aromatic rings. The van der Waals surface area contributed by atoms with Gasteiger partial charge >= 0.3 is 0 Å². The first-order chi connectivity index (χ1) is 7.24. The van der Waals surface area contributed by atoms with Crippen LogP contribution in [-0.4, -0.2) is 11.0 Å². The molecule has 0 atom stereocenters. The highest BCUT2D eigenvalue weighted by molar-refractivity contribution is 8.00. The third kappa shape index (κ3) is 3.06. The molecule has 0 saturated heterocycles. The molecule has 0 aromatic heterocycles. The van der Waals surface area contributed by atoms with Gasteiger partial charge in [-0.15, -0.1) is 11.8 Å². The molecule has 1 saturated carbocycles. The highest BCUT2D eigenvalue weighted by Gasteiger charge is 2.19. The van der Waals surface area contributed by atoms with Crippen LogP contribution in [-0.2, 0) is 4.79 Å². The molecule has 80 valence electrons. The Morgan fingerprint density at radius 3 is 2.33 bits per heavy atom. The van der Waals surface area contributed by atoms with Crippen LogP contribution in [0.25, 0.3) is 0 Å². The molecule has 0 N–H and O–H groups in total. The Bertz CT molecular complexity index is 337. The van der Waals surface area contributed by atoms with E-state index in [0.29, 0.717) is 23.9 Å². The standard InChI is InChI=1S/C12H13FOS/c13-9-1-5-11(6-2-9)15-12-7-3-10(14)4-8-12/h1-2,5-6,12H,3-4,7-8H2. The van der Waals surface area contributed by atoms with E-state index in [-0.39, 0.29) is 5.82 Å². The number of rotatable bonds is 2. The predicted molar refractivity (Wildman–Crippen MR) is 59.5 cm³/mol. The van der Waals surface area contributed by atoms with Gasteiger partial charge in [0.15, 0.2) is 0 Å². The highest BCUT2D eigenvalue weighted by Crippen LogP contribution is 2.32. The van der Waals surface area contributed by atoms with Crippen LogP contribution in [0, 0.1) is 5.82 Å². The molecule has 1 aliphatic rings. The third-order valence-corrected chi connectivity index (χ3v) is 3.96. The fourth-order valence-corrected chi connectivity index (χ4v) is 2.89. The summed E-state index contributed by atoms with van der Waals surface area (Å²) in [5, 5.41) is 0.521. The van der Waals surface area contributed by atoms with Crippen LogP contribution in [0.5, 0.6) is 0 Å². The fourth-order valence-electron chi connectivity index (χ4n) is 1.74. The molecule has 0 spiro atoms. The van der Waals surface area contributed by atoms with Crippen LogP contribution in [0.3, 0.4) is 0 Å². The van der Waals surface area contributed by atoms with E-state index in [9.17, 15) is 9.18 Å². The summed E-state index contributed by atoms with van der Waals surface area (Å²) in [6.45, 7) is 0. The molecular formula is C12H13FOS. The number of thioether (sulfide) groups is 1. The molecule has 0 radical (unpaired) electrons. The van der Waals surface area contributed by atoms with Gasteiger partial charge in [0.05, 0.1) is 0 Å². The van der Waals surface area contributed by atoms with E-state index in [1.807, 2.05) is 0 Å². The molecule has 1 aliphatic carbocycles. The third-order valence-electron chi connectivity index (χ3n) is 2.61. The summed E-state index contributed by atoms with van der Waals surface area (Å²) in [5.41, 5.74) is 0. The van der Waals surface area contributed by atoms with E-state index >= 15 is 0 Å². The van der Waals surface area contributed by atoms with Crippen molar-refractivity contribution in [1.82, 2.24) is 0 Å². The van der Waals surface area contributed by atoms with Gasteiger partial charge in [-0.3, -0.25) is 4.79 Å². The number of ketones is 1. The van der Waals surface area contributed by atoms with E-state index in [2.05, 4.69) is 0 Å². The van der Waals surface area contributed by atoms with E-state index < -0.39 is 0 Å². The molecule has 0 aliphatic heterocycles. The summed E-state index contributed by atoms with van der Waals surface area (Å²) in [5.74, 6) is 0.184. The number of carbonyl (C=O) groups is 1. The Morgan fingerprint density at radius 1 is 1.13 bits per heavy atom. The average Bonchev–Trinajstić information content (AvgIpc) is 2.25. The maximum atomic E-state index is 12.7. The molecule has 15 heavy (non-hydrogen) atoms. The van der Waals surface area contributed by atoms with Crippen LogP contribution in [0.2, 0.25) is 0 Å². The molecule has 0 amide bonds. The molecule has 3 heteroatoms. The van der Waals surface area contributed by atoms with E-state index in [4.69, 9.17) is 0 Å². The second-order valence-electron chi connectivity index (χ2n) is 3.81. The van der Waals surface area contributed by atoms with Gasteiger partial charge in [0.2, 0.25) is 0 Å². The summed E-state index contributed by atoms with van der Waals surface area (Å²) >= 11 is 1.76. The Labute approximate surface area is 93.1 Å². The number of Topliss-reactive ketones (excluding diaryl/α,β-unsaturated/α-hetero) is 1. The highest BCUT2D eigenvalue weighted by atomic mass is 32.2. The van der Waals surface area contributed by atoms with Crippen molar-refractivity contribution < 1.29 is 9.18 Å². The first-order valence-electron chi connectivity index (χ1n) is 5.18. The van der Waals surface area contributed by atoms with Gasteiger partial charge in [-0.1, -0.05) is 0 Å². The van der Waals surface area contributed by atoms with Gasteiger partial charge in [0.25, 0.3) is 0 Å². The van der Waals surface area contributed by atoms with Gasteiger partial charge in [0, 0.05) is 23.0 Å². The van der Waals surface area contributed by atoms with E-state index in [1.54, 1.807) is 23.9 Å². The summed E-state index contributed by atoms with van der Waals surface area (Å²) in [6, 6.07) is 6.57. The van der Waals surface area contributed by atoms with Crippen LogP contribution < -0.4 is 0 Å². The number of hydrogen-bond acceptors (Lipinski definition) is 2. The molecule has 1 aromatic carbocycles. The minimum Gasteiger partial charge on any atom is -0.300 e. The summed E-state index contributed by atoms with van der Waals surface area (Å²) in [4.78, 5) is 12.1. The minimum absolute atomic E-state index is 0.196. The molecule has 0 heterocycles. The zero-order valence-corrected chi connectivity index (χ0v) is 9.23. The molecule has 1 nitrogen and oxygen atoms in total. The summed E-state index contributed by atoms with van der Waals surface area (Å²) in [7, 11) is 0. The van der Waals surface area contributed by atoms with Gasteiger partial charge < -0.3 is 0 Å². The second-order valence-corrected chi connectivity index (χ2v) is 5.18. The summed E-state index contributed by atoms with van der Waals surface area (Å²) in [6.07, 6.45) is 3.33. The van der Waals surface area contributed by atoms with Gasteiger partial charge in [-0.25, -0.2) is 4.39 Å². The lowest BCUT2D eigenvalue weighted by atomic mass is 9.99. The SMILES string of the molecule is O=C1CCC(Sc2ccc(F)cc2)CC1. The zero-order chi connectivity index (χ0) is 10.7. The van der Waals surface area contributed by atoms with E-state index in [1.165, 1.54) is 12.1 Å². The average molecular weight is 224 g/mol. The maximum absolute atomic E-state index is 12.7. The Morgan fingerprint density at radius 2 is 1.73 bits per heavy atom. The molecule has 2 rings (SSSR count). The Hall–Kier alpha value is -0.830. The molecule has 1 fully saturated rings. The van der Waals surface area contributed by atoms with Crippen LogP contribution in [0.15, 0.2) is 29.2 Å². The normalized spacial score (nSPS) is 18.1. The topological polar surface area (TPSA) is 17.1 Å². The quantitative estimate of drug-likeness (QED) is 0.765. The number of hydrogen-bond donors (Lipinski definition) is 0. The summed E-state index contributed by atoms with van der Waals surface area (Å²) < 4.78 is 12.7. The molecular weight excluding hydrogens is 211 g/mol. The smallest absolute Gasteiger partial charge is 0.132 e. The number of benzene rings is 1. The Balaban J connectivity index is 1.91. The maximum Gasteiger partial charge on any atom is 0.132 e. The monoisotopic (exact) mass is 224 g/mol. The van der Waals surface area contributed by atoms with E-state index in [0.717, 1.165) is 17.7 Å². The molecule has 0 unspecified atom stereocenters. The fraction of sp³-hybridized carbons (Fsp3) is 0.417. The van der Waals surface area contributed by atoms with Crippen molar-refractivity contribution in [2.75, 3.05) is 0 Å². The Kier molecular flexibility index (Phi) is 3.41. The van der Waals surface area contributed by atoms with Crippen molar-refractivity contribution in [3.63, 3.8) is 0 Å². The van der Waals surface area contributed by atoms with Gasteiger partial charge in [-0.2, -0.15) is 0 Å². The van der Waals surface area contributed by atoms with Crippen molar-refractivity contribution in [2.45, 2.75) is 35.8 Å².